The van der Waals surface area contributed by atoms with Crippen LogP contribution in [0.3, 0.4) is 0 Å². The molecule has 5 rings (SSSR count). The molecule has 276 valence electrons. The Balaban J connectivity index is 0.000000330. The molecule has 4 aromatic carbocycles. The summed E-state index contributed by atoms with van der Waals surface area (Å²) in [6.45, 7) is 6.03. The number of fused-ring (bicyclic) bond motifs is 2. The second-order valence-corrected chi connectivity index (χ2v) is 14.8. The number of rotatable bonds is 12. The number of aromatic hydroxyl groups is 2. The van der Waals surface area contributed by atoms with E-state index in [0.29, 0.717) is 11.1 Å². The molecule has 1 aromatic heterocycles. The molecule has 0 atom stereocenters. The monoisotopic (exact) mass is 760 g/mol. The lowest BCUT2D eigenvalue weighted by molar-refractivity contribution is -0.696. The first-order valence-electron chi connectivity index (χ1n) is 15.4. The zero-order chi connectivity index (χ0) is 37.6. The number of aryl methyl sites for hydroxylation is 2. The van der Waals surface area contributed by atoms with E-state index < -0.39 is 31.1 Å². The van der Waals surface area contributed by atoms with E-state index in [2.05, 4.69) is 58.3 Å². The molecule has 3 N–H and O–H groups in total. The van der Waals surface area contributed by atoms with Gasteiger partial charge in [-0.15, -0.1) is 0 Å². The van der Waals surface area contributed by atoms with E-state index in [4.69, 9.17) is 0 Å². The number of nitrogens with one attached hydrogen (secondary N) is 1. The summed E-state index contributed by atoms with van der Waals surface area (Å²) in [7, 11) is -13.4. The van der Waals surface area contributed by atoms with Gasteiger partial charge in [-0.25, -0.2) is 26.0 Å². The number of hydrogen-bond donors (Lipinski definition) is 3. The van der Waals surface area contributed by atoms with Crippen LogP contribution in [-0.2, 0) is 39.7 Å². The number of halogens is 6. The molecule has 0 unspecified atom stereocenters. The molecular weight excluding hydrogens is 727 g/mol. The van der Waals surface area contributed by atoms with E-state index in [0.717, 1.165) is 58.3 Å². The Labute approximate surface area is 290 Å². The minimum Gasteiger partial charge on any atom is -0.507 e. The van der Waals surface area contributed by atoms with Crippen LogP contribution >= 0.6 is 0 Å². The van der Waals surface area contributed by atoms with Crippen molar-refractivity contribution in [2.75, 3.05) is 6.54 Å². The summed E-state index contributed by atoms with van der Waals surface area (Å²) in [5, 5.41) is 29.1. The van der Waals surface area contributed by atoms with Crippen LogP contribution in [-0.4, -0.2) is 49.2 Å². The highest BCUT2D eigenvalue weighted by atomic mass is 32.3. The number of nitrogens with zero attached hydrogens (tertiary/aromatic N) is 3. The predicted molar refractivity (Wildman–Crippen MR) is 179 cm³/mol. The smallest absolute Gasteiger partial charge is 0.480 e. The standard InChI is InChI=1S/C31H33N3O2.C2F6NO4S2/c1-2-3-16-33-18-19-34(22-33)17-6-15-32-21-23-9-12-27-25(20-23)11-14-29(36)31(27)30-26-8-5-4-7-24(26)10-13-28(30)35;3-1(4,5)14(10,11)9-15(12,13)2(6,7)8/h4-5,7-14,18-20,22,32H,2-3,6,15-17,21H2,1H3,(H-,35,36);/q;-1/p+1. The van der Waals surface area contributed by atoms with Crippen LogP contribution in [0.15, 0.2) is 85.5 Å². The lowest BCUT2D eigenvalue weighted by Gasteiger charge is -2.22. The molecule has 0 aliphatic heterocycles. The SMILES string of the molecule is CCCCn1cc[n+](CCCNCc2ccc3c(-c4c(O)ccc5ccccc45)c(O)ccc3c2)c1.O=S(=O)([N-]S(=O)(=O)C(F)(F)F)C(F)(F)F. The fraction of sp³-hybridized carbons (Fsp3) is 0.303. The van der Waals surface area contributed by atoms with E-state index in [1.807, 2.05) is 36.4 Å². The molecule has 5 aromatic rings. The van der Waals surface area contributed by atoms with Crippen molar-refractivity contribution in [3.63, 3.8) is 0 Å². The molecule has 0 fully saturated rings. The van der Waals surface area contributed by atoms with Gasteiger partial charge in [0, 0.05) is 17.7 Å². The highest BCUT2D eigenvalue weighted by molar-refractivity contribution is 8.13. The molecule has 0 saturated carbocycles. The molecular formula is C33H34F6N4O6S2. The van der Waals surface area contributed by atoms with Crippen molar-refractivity contribution in [3.8, 4) is 22.6 Å². The van der Waals surface area contributed by atoms with Crippen molar-refractivity contribution in [2.45, 2.75) is 56.8 Å². The third-order valence-corrected chi connectivity index (χ3v) is 10.4. The topological polar surface area (TPSA) is 144 Å². The normalized spacial score (nSPS) is 12.6. The summed E-state index contributed by atoms with van der Waals surface area (Å²) in [5.74, 6) is 0.335. The summed E-state index contributed by atoms with van der Waals surface area (Å²) in [6, 6.07) is 21.5. The van der Waals surface area contributed by atoms with Crippen molar-refractivity contribution < 1.29 is 58.0 Å². The number of phenols is 2. The van der Waals surface area contributed by atoms with Gasteiger partial charge in [-0.2, -0.15) is 26.3 Å². The molecule has 1 heterocycles. The lowest BCUT2D eigenvalue weighted by atomic mass is 9.91. The van der Waals surface area contributed by atoms with Crippen LogP contribution in [0.25, 0.3) is 36.8 Å². The summed E-state index contributed by atoms with van der Waals surface area (Å²) >= 11 is 0. The molecule has 0 spiro atoms. The number of alkyl halides is 6. The van der Waals surface area contributed by atoms with E-state index >= 15 is 0 Å². The van der Waals surface area contributed by atoms with Crippen molar-refractivity contribution in [3.05, 3.63) is 95.1 Å². The molecule has 0 saturated heterocycles. The van der Waals surface area contributed by atoms with Gasteiger partial charge in [-0.1, -0.05) is 61.9 Å². The maximum Gasteiger partial charge on any atom is 0.480 e. The minimum absolute atomic E-state index is 0.167. The number of sulfonamides is 2. The molecule has 0 bridgehead atoms. The van der Waals surface area contributed by atoms with Gasteiger partial charge in [0.15, 0.2) is 20.0 Å². The van der Waals surface area contributed by atoms with E-state index in [1.54, 1.807) is 12.1 Å². The number of aromatic nitrogens is 2. The average Bonchev–Trinajstić information content (AvgIpc) is 3.50. The van der Waals surface area contributed by atoms with Gasteiger partial charge < -0.3 is 19.7 Å². The van der Waals surface area contributed by atoms with Gasteiger partial charge in [-0.05, 0) is 64.7 Å². The number of benzene rings is 4. The molecule has 0 radical (unpaired) electrons. The van der Waals surface area contributed by atoms with E-state index in [-0.39, 0.29) is 11.5 Å². The van der Waals surface area contributed by atoms with Gasteiger partial charge in [0.05, 0.1) is 13.1 Å². The molecule has 0 amide bonds. The van der Waals surface area contributed by atoms with Gasteiger partial charge in [0.25, 0.3) is 0 Å². The molecule has 0 aliphatic rings. The summed E-state index contributed by atoms with van der Waals surface area (Å²) in [4.78, 5) is 0. The van der Waals surface area contributed by atoms with E-state index in [9.17, 15) is 53.4 Å². The van der Waals surface area contributed by atoms with Crippen LogP contribution in [0, 0.1) is 0 Å². The largest absolute Gasteiger partial charge is 0.507 e. The Morgan fingerprint density at radius 1 is 0.784 bits per heavy atom. The maximum atomic E-state index is 11.4. The number of phenolic OH excluding ortho intramolecular Hbond substituents is 2. The quantitative estimate of drug-likeness (QED) is 0.0694. The molecule has 0 aliphatic carbocycles. The van der Waals surface area contributed by atoms with E-state index in [1.165, 1.54) is 18.4 Å². The van der Waals surface area contributed by atoms with Crippen LogP contribution < -0.4 is 9.88 Å². The fourth-order valence-corrected chi connectivity index (χ4v) is 6.85. The molecule has 18 heteroatoms. The van der Waals surface area contributed by atoms with Crippen molar-refractivity contribution >= 4 is 41.6 Å². The zero-order valence-corrected chi connectivity index (χ0v) is 28.6. The first kappa shape index (κ1) is 39.4. The number of unbranched alkanes of at least 4 members (excludes halogenated alkanes) is 1. The first-order chi connectivity index (χ1) is 23.8. The third kappa shape index (κ3) is 9.69. The summed E-state index contributed by atoms with van der Waals surface area (Å²) < 4.78 is 114. The second-order valence-electron chi connectivity index (χ2n) is 11.4. The minimum atomic E-state index is -6.72. The second kappa shape index (κ2) is 15.9. The van der Waals surface area contributed by atoms with Crippen molar-refractivity contribution in [1.82, 2.24) is 9.88 Å². The number of hydrogen-bond acceptors (Lipinski definition) is 7. The highest BCUT2D eigenvalue weighted by Gasteiger charge is 2.47. The Kier molecular flexibility index (Phi) is 12.3. The van der Waals surface area contributed by atoms with Crippen molar-refractivity contribution in [1.29, 1.82) is 0 Å². The van der Waals surface area contributed by atoms with Gasteiger partial charge >= 0.3 is 11.0 Å². The summed E-state index contributed by atoms with van der Waals surface area (Å²) in [5.41, 5.74) is -9.87. The third-order valence-electron chi connectivity index (χ3n) is 7.62. The van der Waals surface area contributed by atoms with Crippen LogP contribution in [0.1, 0.15) is 31.7 Å². The molecule has 10 nitrogen and oxygen atoms in total. The first-order valence-corrected chi connectivity index (χ1v) is 18.3. The van der Waals surface area contributed by atoms with Crippen LogP contribution in [0.2, 0.25) is 0 Å². The van der Waals surface area contributed by atoms with Gasteiger partial charge in [0.1, 0.15) is 23.9 Å². The average molecular weight is 761 g/mol. The van der Waals surface area contributed by atoms with Crippen molar-refractivity contribution in [2.24, 2.45) is 0 Å². The Hall–Kier alpha value is -4.39. The lowest BCUT2D eigenvalue weighted by Crippen LogP contribution is -2.33. The van der Waals surface area contributed by atoms with Gasteiger partial charge in [0.2, 0.25) is 6.33 Å². The highest BCUT2D eigenvalue weighted by Crippen LogP contribution is 2.44. The maximum absolute atomic E-state index is 11.4. The van der Waals surface area contributed by atoms with Crippen LogP contribution in [0.5, 0.6) is 11.5 Å². The Morgan fingerprint density at radius 3 is 1.98 bits per heavy atom. The Morgan fingerprint density at radius 2 is 1.37 bits per heavy atom. The molecule has 51 heavy (non-hydrogen) atoms. The Bertz CT molecular complexity index is 2160. The predicted octanol–water partition coefficient (Wildman–Crippen LogP) is 7.20. The zero-order valence-electron chi connectivity index (χ0n) is 27.0. The number of imidazole rings is 1. The van der Waals surface area contributed by atoms with Crippen LogP contribution in [0.4, 0.5) is 26.3 Å². The summed E-state index contributed by atoms with van der Waals surface area (Å²) in [6.07, 6.45) is 9.99. The fourth-order valence-electron chi connectivity index (χ4n) is 5.14. The van der Waals surface area contributed by atoms with Gasteiger partial charge in [-0.3, -0.25) is 0 Å².